The number of aliphatic carboxylic acids is 2. The molecule has 1 saturated heterocycles. The van der Waals surface area contributed by atoms with Gasteiger partial charge in [-0.2, -0.15) is 0 Å². The third-order valence-corrected chi connectivity index (χ3v) is 7.95. The average molecular weight is 572 g/mol. The number of ketones is 1. The largest absolute Gasteiger partial charge is 0.493 e. The van der Waals surface area contributed by atoms with Gasteiger partial charge in [0.1, 0.15) is 0 Å². The van der Waals surface area contributed by atoms with Crippen LogP contribution in [0, 0.1) is 5.92 Å². The Morgan fingerprint density at radius 1 is 0.902 bits per heavy atom. The lowest BCUT2D eigenvalue weighted by atomic mass is 9.79. The molecule has 1 heterocycles. The van der Waals surface area contributed by atoms with Gasteiger partial charge in [0.2, 0.25) is 0 Å². The van der Waals surface area contributed by atoms with Gasteiger partial charge in [-0.15, -0.1) is 0 Å². The van der Waals surface area contributed by atoms with Crippen molar-refractivity contribution in [2.24, 2.45) is 5.92 Å². The van der Waals surface area contributed by atoms with Gasteiger partial charge >= 0.3 is 11.9 Å². The second-order valence-corrected chi connectivity index (χ2v) is 10.8. The minimum atomic E-state index is -1.82. The number of rotatable bonds is 10. The molecular weight excluding hydrogens is 526 g/mol. The van der Waals surface area contributed by atoms with Crippen LogP contribution in [0.15, 0.2) is 42.5 Å². The molecule has 0 amide bonds. The van der Waals surface area contributed by atoms with Crippen LogP contribution in [0.5, 0.6) is 11.5 Å². The molecule has 4 N–H and O–H groups in total. The van der Waals surface area contributed by atoms with Crippen LogP contribution < -0.4 is 9.47 Å². The molecule has 4 rings (SSSR count). The first-order valence-electron chi connectivity index (χ1n) is 14.4. The normalized spacial score (nSPS) is 16.0. The number of methoxy groups -OCH3 is 1. The Morgan fingerprint density at radius 3 is 2.17 bits per heavy atom. The number of carbonyl (C=O) groups is 3. The van der Waals surface area contributed by atoms with Crippen LogP contribution in [-0.4, -0.2) is 71.7 Å². The van der Waals surface area contributed by atoms with Gasteiger partial charge in [0, 0.05) is 12.1 Å². The maximum atomic E-state index is 11.6. The first-order chi connectivity index (χ1) is 19.3. The number of hydrogen-bond donors (Lipinski definition) is 2. The number of carboxylic acids is 2. The Labute approximate surface area is 242 Å². The van der Waals surface area contributed by atoms with Gasteiger partial charge in [0.25, 0.3) is 0 Å². The zero-order valence-corrected chi connectivity index (χ0v) is 24.3. The topological polar surface area (TPSA) is 145 Å². The highest BCUT2D eigenvalue weighted by Gasteiger charge is 2.23. The van der Waals surface area contributed by atoms with E-state index >= 15 is 0 Å². The molecule has 226 valence electrons. The van der Waals surface area contributed by atoms with Gasteiger partial charge in [-0.3, -0.25) is 4.79 Å². The summed E-state index contributed by atoms with van der Waals surface area (Å²) in [5.41, 5.74) is 3.91. The molecule has 0 aromatic heterocycles. The second kappa shape index (κ2) is 17.4. The van der Waals surface area contributed by atoms with E-state index in [4.69, 9.17) is 29.3 Å². The van der Waals surface area contributed by atoms with Crippen molar-refractivity contribution < 1.29 is 39.5 Å². The van der Waals surface area contributed by atoms with Crippen LogP contribution in [0.1, 0.15) is 85.7 Å². The van der Waals surface area contributed by atoms with Gasteiger partial charge in [-0.1, -0.05) is 43.5 Å². The van der Waals surface area contributed by atoms with Crippen LogP contribution in [0.3, 0.4) is 0 Å². The minimum Gasteiger partial charge on any atom is -0.493 e. The Kier molecular flexibility index (Phi) is 14.3. The van der Waals surface area contributed by atoms with Crippen LogP contribution >= 0.6 is 0 Å². The highest BCUT2D eigenvalue weighted by molar-refractivity contribution is 6.27. The van der Waals surface area contributed by atoms with Gasteiger partial charge in [-0.05, 0) is 99.7 Å². The summed E-state index contributed by atoms with van der Waals surface area (Å²) >= 11 is 0. The van der Waals surface area contributed by atoms with Crippen molar-refractivity contribution in [1.29, 1.82) is 0 Å². The summed E-state index contributed by atoms with van der Waals surface area (Å²) in [4.78, 5) is 32.4. The van der Waals surface area contributed by atoms with E-state index in [1.807, 2.05) is 6.07 Å². The van der Waals surface area contributed by atoms with E-state index in [0.29, 0.717) is 23.7 Å². The number of benzene rings is 2. The number of Topliss-reactive ketones (excluding diaryl/α,β-unsaturated/α-hetero) is 1. The second-order valence-electron chi connectivity index (χ2n) is 10.8. The molecule has 2 aliphatic rings. The van der Waals surface area contributed by atoms with Gasteiger partial charge in [0.05, 0.1) is 13.7 Å². The van der Waals surface area contributed by atoms with Crippen molar-refractivity contribution in [2.75, 3.05) is 33.4 Å². The molecular formula is C32H45NO8. The number of hydrogen-bond acceptors (Lipinski definition) is 6. The zero-order chi connectivity index (χ0) is 28.9. The fourth-order valence-corrected chi connectivity index (χ4v) is 5.73. The van der Waals surface area contributed by atoms with E-state index < -0.39 is 11.9 Å². The predicted octanol–water partition coefficient (Wildman–Crippen LogP) is 5.00. The molecule has 2 fully saturated rings. The average Bonchev–Trinajstić information content (AvgIpc) is 2.97. The number of piperidine rings is 1. The van der Waals surface area contributed by atoms with E-state index in [0.717, 1.165) is 24.8 Å². The fourth-order valence-electron chi connectivity index (χ4n) is 5.73. The molecule has 1 aliphatic heterocycles. The lowest BCUT2D eigenvalue weighted by molar-refractivity contribution is -0.159. The van der Waals surface area contributed by atoms with Gasteiger partial charge in [0.15, 0.2) is 17.3 Å². The van der Waals surface area contributed by atoms with Crippen molar-refractivity contribution in [2.45, 2.75) is 70.6 Å². The molecule has 0 unspecified atom stereocenters. The number of likely N-dealkylation sites (tertiary alicyclic amines) is 1. The number of nitrogens with zero attached hydrogens (tertiary/aromatic N) is 1. The molecule has 0 bridgehead atoms. The summed E-state index contributed by atoms with van der Waals surface area (Å²) in [6.07, 6.45) is 11.8. The third-order valence-electron chi connectivity index (χ3n) is 7.95. The Morgan fingerprint density at radius 2 is 1.56 bits per heavy atom. The van der Waals surface area contributed by atoms with Crippen LogP contribution in [0.25, 0.3) is 0 Å². The van der Waals surface area contributed by atoms with E-state index in [1.165, 1.54) is 64.5 Å². The fraction of sp³-hybridized carbons (Fsp3) is 0.531. The van der Waals surface area contributed by atoms with Crippen molar-refractivity contribution in [3.05, 3.63) is 59.2 Å². The Bertz CT molecular complexity index is 1110. The molecule has 9 nitrogen and oxygen atoms in total. The standard InChI is InChI=1S/C30H41NO3.C2H2O4.H2O/c1-23(32)26-13-14-29(30(22-26)33-2)34-20-8-17-31-18-15-24(16-19-31)21-27-11-6-7-12-28(27)25-9-4-3-5-10-25;3-1(4)2(5)6;/h6-7,11-14,22,24-25H,3-5,8-10,15-21H2,1-2H3;(H,3,4)(H,5,6);1H2. The smallest absolute Gasteiger partial charge is 0.414 e. The summed E-state index contributed by atoms with van der Waals surface area (Å²) in [7, 11) is 1.61. The highest BCUT2D eigenvalue weighted by atomic mass is 16.5. The van der Waals surface area contributed by atoms with Gasteiger partial charge in [-0.25, -0.2) is 9.59 Å². The lowest BCUT2D eigenvalue weighted by Gasteiger charge is -2.33. The van der Waals surface area contributed by atoms with E-state index in [-0.39, 0.29) is 11.3 Å². The monoisotopic (exact) mass is 571 g/mol. The SMILES string of the molecule is COc1cc(C(C)=O)ccc1OCCCN1CCC(Cc2ccccc2C2CCCCC2)CC1.O.O=C(O)C(=O)O. The minimum absolute atomic E-state index is 0. The van der Waals surface area contributed by atoms with Crippen molar-refractivity contribution >= 4 is 17.7 Å². The first kappa shape index (κ1) is 33.8. The molecule has 0 radical (unpaired) electrons. The predicted molar refractivity (Wildman–Crippen MR) is 157 cm³/mol. The molecule has 9 heteroatoms. The summed E-state index contributed by atoms with van der Waals surface area (Å²) in [6.45, 7) is 5.66. The molecule has 41 heavy (non-hydrogen) atoms. The van der Waals surface area contributed by atoms with E-state index in [1.54, 1.807) is 37.3 Å². The Hall–Kier alpha value is -3.43. The maximum Gasteiger partial charge on any atom is 0.414 e. The number of ether oxygens (including phenoxy) is 2. The summed E-state index contributed by atoms with van der Waals surface area (Å²) in [6, 6.07) is 14.7. The summed E-state index contributed by atoms with van der Waals surface area (Å²) < 4.78 is 11.4. The van der Waals surface area contributed by atoms with Crippen molar-refractivity contribution in [1.82, 2.24) is 4.90 Å². The Balaban J connectivity index is 0.000000760. The molecule has 1 saturated carbocycles. The van der Waals surface area contributed by atoms with Crippen LogP contribution in [-0.2, 0) is 16.0 Å². The number of carboxylic acid groups (broad SMARTS) is 2. The molecule has 2 aromatic carbocycles. The highest BCUT2D eigenvalue weighted by Crippen LogP contribution is 2.36. The first-order valence-corrected chi connectivity index (χ1v) is 14.4. The van der Waals surface area contributed by atoms with E-state index in [2.05, 4.69) is 29.2 Å². The maximum absolute atomic E-state index is 11.6. The quantitative estimate of drug-likeness (QED) is 0.230. The van der Waals surface area contributed by atoms with Crippen LogP contribution in [0.2, 0.25) is 0 Å². The zero-order valence-electron chi connectivity index (χ0n) is 24.3. The molecule has 1 aliphatic carbocycles. The summed E-state index contributed by atoms with van der Waals surface area (Å²) in [5.74, 6) is -0.677. The summed E-state index contributed by atoms with van der Waals surface area (Å²) in [5, 5.41) is 14.8. The van der Waals surface area contributed by atoms with E-state index in [9.17, 15) is 4.79 Å². The number of carbonyl (C=O) groups excluding carboxylic acids is 1. The lowest BCUT2D eigenvalue weighted by Crippen LogP contribution is -2.35. The molecule has 2 aromatic rings. The van der Waals surface area contributed by atoms with Crippen LogP contribution in [0.4, 0.5) is 0 Å². The molecule has 0 atom stereocenters. The third kappa shape index (κ3) is 10.8. The van der Waals surface area contributed by atoms with Crippen molar-refractivity contribution in [3.8, 4) is 11.5 Å². The van der Waals surface area contributed by atoms with Crippen molar-refractivity contribution in [3.63, 3.8) is 0 Å². The molecule has 0 spiro atoms. The van der Waals surface area contributed by atoms with Gasteiger partial charge < -0.3 is 30.1 Å².